The lowest BCUT2D eigenvalue weighted by Gasteiger charge is -2.30. The van der Waals surface area contributed by atoms with Gasteiger partial charge in [0.1, 0.15) is 24.0 Å². The zero-order valence-corrected chi connectivity index (χ0v) is 18.8. The van der Waals surface area contributed by atoms with Gasteiger partial charge in [0, 0.05) is 56.2 Å². The fraction of sp³-hybridized carbons (Fsp3) is 0.560. The topological polar surface area (TPSA) is 71.4 Å². The first-order chi connectivity index (χ1) is 15.7. The van der Waals surface area contributed by atoms with E-state index < -0.39 is 0 Å². The second kappa shape index (κ2) is 11.4. The van der Waals surface area contributed by atoms with Gasteiger partial charge in [0.2, 0.25) is 0 Å². The third kappa shape index (κ3) is 6.50. The Morgan fingerprint density at radius 3 is 2.62 bits per heavy atom. The van der Waals surface area contributed by atoms with Gasteiger partial charge in [0.25, 0.3) is 0 Å². The minimum Gasteiger partial charge on any atom is -0.492 e. The van der Waals surface area contributed by atoms with Crippen LogP contribution >= 0.6 is 0 Å². The highest BCUT2D eigenvalue weighted by atomic mass is 16.5. The van der Waals surface area contributed by atoms with Crippen LogP contribution in [0.5, 0.6) is 5.75 Å². The second-order valence-corrected chi connectivity index (χ2v) is 8.67. The van der Waals surface area contributed by atoms with Gasteiger partial charge in [-0.15, -0.1) is 0 Å². The van der Waals surface area contributed by atoms with Crippen molar-refractivity contribution >= 4 is 17.3 Å². The number of rotatable bonds is 9. The van der Waals surface area contributed by atoms with Gasteiger partial charge >= 0.3 is 0 Å². The molecule has 3 aliphatic heterocycles. The van der Waals surface area contributed by atoms with Gasteiger partial charge in [-0.2, -0.15) is 0 Å². The lowest BCUT2D eigenvalue weighted by Crippen LogP contribution is -2.36. The number of nitrogens with zero attached hydrogens (tertiary/aromatic N) is 3. The number of carbonyl (C=O) groups is 2. The number of aliphatic imine (C=N–C) groups is 1. The van der Waals surface area contributed by atoms with E-state index in [9.17, 15) is 9.59 Å². The van der Waals surface area contributed by atoms with Crippen molar-refractivity contribution in [2.45, 2.75) is 38.5 Å². The molecule has 4 rings (SSSR count). The molecule has 3 heterocycles. The van der Waals surface area contributed by atoms with Crippen LogP contribution in [0.2, 0.25) is 0 Å². The fourth-order valence-electron chi connectivity index (χ4n) is 4.45. The SMILES string of the molecule is O=C1C=C(N2CCOCC2)N=C(CC(=O)Cc2ccccc2OCCN2CCCCC2)C1. The number of ketones is 2. The van der Waals surface area contributed by atoms with Crippen molar-refractivity contribution in [3.05, 3.63) is 41.7 Å². The first-order valence-electron chi connectivity index (χ1n) is 11.8. The van der Waals surface area contributed by atoms with E-state index in [1.54, 1.807) is 6.08 Å². The van der Waals surface area contributed by atoms with Crippen molar-refractivity contribution in [2.75, 3.05) is 52.5 Å². The van der Waals surface area contributed by atoms with E-state index >= 15 is 0 Å². The van der Waals surface area contributed by atoms with Gasteiger partial charge in [0.05, 0.1) is 13.2 Å². The molecule has 0 aromatic heterocycles. The van der Waals surface area contributed by atoms with Crippen LogP contribution in [0.15, 0.2) is 41.2 Å². The Labute approximate surface area is 190 Å². The van der Waals surface area contributed by atoms with Crippen molar-refractivity contribution in [1.82, 2.24) is 9.80 Å². The first kappa shape index (κ1) is 22.7. The van der Waals surface area contributed by atoms with Crippen LogP contribution in [0.4, 0.5) is 0 Å². The number of benzene rings is 1. The number of hydrogen-bond acceptors (Lipinski definition) is 7. The summed E-state index contributed by atoms with van der Waals surface area (Å²) in [7, 11) is 0. The average molecular weight is 440 g/mol. The zero-order chi connectivity index (χ0) is 22.2. The van der Waals surface area contributed by atoms with Crippen molar-refractivity contribution in [1.29, 1.82) is 0 Å². The Morgan fingerprint density at radius 1 is 1.03 bits per heavy atom. The molecule has 0 atom stereocenters. The molecule has 0 aliphatic carbocycles. The number of carbonyl (C=O) groups excluding carboxylic acids is 2. The molecule has 2 saturated heterocycles. The highest BCUT2D eigenvalue weighted by Crippen LogP contribution is 2.21. The second-order valence-electron chi connectivity index (χ2n) is 8.67. The molecule has 3 aliphatic rings. The van der Waals surface area contributed by atoms with Crippen molar-refractivity contribution in [3.8, 4) is 5.75 Å². The lowest BCUT2D eigenvalue weighted by atomic mass is 10.0. The van der Waals surface area contributed by atoms with Crippen LogP contribution in [-0.2, 0) is 20.7 Å². The Morgan fingerprint density at radius 2 is 1.81 bits per heavy atom. The molecule has 0 spiro atoms. The Kier molecular flexibility index (Phi) is 8.07. The minimum absolute atomic E-state index is 0.00531. The molecule has 0 radical (unpaired) electrons. The third-order valence-electron chi connectivity index (χ3n) is 6.15. The number of allylic oxidation sites excluding steroid dienone is 1. The summed E-state index contributed by atoms with van der Waals surface area (Å²) >= 11 is 0. The smallest absolute Gasteiger partial charge is 0.164 e. The highest BCUT2D eigenvalue weighted by molar-refractivity contribution is 6.14. The van der Waals surface area contributed by atoms with E-state index in [1.807, 2.05) is 24.3 Å². The molecule has 0 saturated carbocycles. The number of Topliss-reactive ketones (excluding diaryl/α,β-unsaturated/α-hetero) is 1. The normalized spacial score (nSPS) is 20.0. The molecule has 7 nitrogen and oxygen atoms in total. The van der Waals surface area contributed by atoms with Crippen LogP contribution in [-0.4, -0.2) is 79.6 Å². The standard InChI is InChI=1S/C25H33N3O4/c29-22(17-21-18-23(30)19-25(26-21)28-11-13-31-14-12-28)16-20-6-2-3-7-24(20)32-15-10-27-8-4-1-5-9-27/h2-3,6-7,19H,1,4-5,8-18H2. The van der Waals surface area contributed by atoms with Crippen LogP contribution < -0.4 is 4.74 Å². The Hall–Kier alpha value is -2.51. The van der Waals surface area contributed by atoms with Gasteiger partial charge in [-0.1, -0.05) is 24.6 Å². The van der Waals surface area contributed by atoms with E-state index in [0.29, 0.717) is 44.4 Å². The number of hydrogen-bond donors (Lipinski definition) is 0. The molecule has 2 fully saturated rings. The largest absolute Gasteiger partial charge is 0.492 e. The summed E-state index contributed by atoms with van der Waals surface area (Å²) in [4.78, 5) is 34.2. The highest BCUT2D eigenvalue weighted by Gasteiger charge is 2.22. The minimum atomic E-state index is 0.00531. The summed E-state index contributed by atoms with van der Waals surface area (Å²) in [6.07, 6.45) is 6.13. The van der Waals surface area contributed by atoms with Gasteiger partial charge in [-0.05, 0) is 32.0 Å². The molecule has 0 bridgehead atoms. The molecule has 1 aromatic carbocycles. The summed E-state index contributed by atoms with van der Waals surface area (Å²) in [6, 6.07) is 7.75. The number of para-hydroxylation sites is 1. The molecule has 1 aromatic rings. The van der Waals surface area contributed by atoms with E-state index in [1.165, 1.54) is 19.3 Å². The van der Waals surface area contributed by atoms with Crippen molar-refractivity contribution < 1.29 is 19.1 Å². The third-order valence-corrected chi connectivity index (χ3v) is 6.15. The van der Waals surface area contributed by atoms with Gasteiger partial charge in [0.15, 0.2) is 5.78 Å². The lowest BCUT2D eigenvalue weighted by molar-refractivity contribution is -0.117. The van der Waals surface area contributed by atoms with E-state index in [4.69, 9.17) is 9.47 Å². The maximum Gasteiger partial charge on any atom is 0.164 e. The number of likely N-dealkylation sites (tertiary alicyclic amines) is 1. The van der Waals surface area contributed by atoms with E-state index in [0.717, 1.165) is 30.9 Å². The van der Waals surface area contributed by atoms with Gasteiger partial charge < -0.3 is 14.4 Å². The first-order valence-corrected chi connectivity index (χ1v) is 11.8. The molecule has 0 N–H and O–H groups in total. The Balaban J connectivity index is 1.32. The zero-order valence-electron chi connectivity index (χ0n) is 18.8. The van der Waals surface area contributed by atoms with Gasteiger partial charge in [-0.3, -0.25) is 14.5 Å². The molecular formula is C25H33N3O4. The quantitative estimate of drug-likeness (QED) is 0.589. The van der Waals surface area contributed by atoms with Crippen LogP contribution in [0.25, 0.3) is 0 Å². The maximum atomic E-state index is 12.8. The maximum absolute atomic E-state index is 12.8. The van der Waals surface area contributed by atoms with E-state index in [-0.39, 0.29) is 30.8 Å². The van der Waals surface area contributed by atoms with Crippen LogP contribution in [0, 0.1) is 0 Å². The van der Waals surface area contributed by atoms with Crippen LogP contribution in [0.1, 0.15) is 37.7 Å². The molecule has 32 heavy (non-hydrogen) atoms. The number of piperidine rings is 1. The van der Waals surface area contributed by atoms with Gasteiger partial charge in [-0.25, -0.2) is 4.99 Å². The van der Waals surface area contributed by atoms with Crippen LogP contribution in [0.3, 0.4) is 0 Å². The number of morpholine rings is 1. The molecule has 7 heteroatoms. The van der Waals surface area contributed by atoms with E-state index in [2.05, 4.69) is 14.8 Å². The fourth-order valence-corrected chi connectivity index (χ4v) is 4.45. The predicted octanol–water partition coefficient (Wildman–Crippen LogP) is 2.64. The van der Waals surface area contributed by atoms with Crippen molar-refractivity contribution in [2.24, 2.45) is 4.99 Å². The molecule has 0 amide bonds. The average Bonchev–Trinajstić information content (AvgIpc) is 2.81. The predicted molar refractivity (Wildman–Crippen MR) is 123 cm³/mol. The monoisotopic (exact) mass is 439 g/mol. The number of ether oxygens (including phenoxy) is 2. The summed E-state index contributed by atoms with van der Waals surface area (Å²) < 4.78 is 11.4. The van der Waals surface area contributed by atoms with Crippen molar-refractivity contribution in [3.63, 3.8) is 0 Å². The molecule has 0 unspecified atom stereocenters. The molecule has 172 valence electrons. The Bertz CT molecular complexity index is 868. The summed E-state index contributed by atoms with van der Waals surface area (Å²) in [5.74, 6) is 1.49. The molecular weight excluding hydrogens is 406 g/mol. The summed E-state index contributed by atoms with van der Waals surface area (Å²) in [6.45, 7) is 6.51. The summed E-state index contributed by atoms with van der Waals surface area (Å²) in [5.41, 5.74) is 1.54. The summed E-state index contributed by atoms with van der Waals surface area (Å²) in [5, 5.41) is 0.